The highest BCUT2D eigenvalue weighted by Crippen LogP contribution is 1.97. The van der Waals surface area contributed by atoms with Gasteiger partial charge in [-0.25, -0.2) is 4.79 Å². The quantitative estimate of drug-likeness (QED) is 0.501. The Balaban J connectivity index is 2.57. The molecule has 6 nitrogen and oxygen atoms in total. The van der Waals surface area contributed by atoms with E-state index in [-0.39, 0.29) is 12.0 Å². The molecule has 4 N–H and O–H groups in total. The number of pyridine rings is 1. The summed E-state index contributed by atoms with van der Waals surface area (Å²) in [5.41, 5.74) is 6.16. The second-order valence-corrected chi connectivity index (χ2v) is 3.16. The largest absolute Gasteiger partial charge is 0.370 e. The molecule has 1 heterocycles. The Bertz CT molecular complexity index is 365. The third-order valence-electron chi connectivity index (χ3n) is 2.07. The summed E-state index contributed by atoms with van der Waals surface area (Å²) < 4.78 is 0. The predicted molar refractivity (Wildman–Crippen MR) is 61.0 cm³/mol. The van der Waals surface area contributed by atoms with Gasteiger partial charge in [0.25, 0.3) is 0 Å². The van der Waals surface area contributed by atoms with Gasteiger partial charge in [0.2, 0.25) is 0 Å². The Kier molecular flexibility index (Phi) is 4.26. The fourth-order valence-electron chi connectivity index (χ4n) is 1.24. The maximum absolute atomic E-state index is 11.3. The Morgan fingerprint density at radius 3 is 2.88 bits per heavy atom. The van der Waals surface area contributed by atoms with Gasteiger partial charge in [0.1, 0.15) is 0 Å². The van der Waals surface area contributed by atoms with E-state index in [0.29, 0.717) is 13.0 Å². The van der Waals surface area contributed by atoms with E-state index in [4.69, 9.17) is 11.1 Å². The van der Waals surface area contributed by atoms with Gasteiger partial charge >= 0.3 is 6.03 Å². The van der Waals surface area contributed by atoms with Crippen LogP contribution in [-0.4, -0.2) is 35.5 Å². The van der Waals surface area contributed by atoms with E-state index in [2.05, 4.69) is 10.3 Å². The number of nitrogens with zero attached hydrogens (tertiary/aromatic N) is 2. The lowest BCUT2D eigenvalue weighted by Gasteiger charge is -2.19. The summed E-state index contributed by atoms with van der Waals surface area (Å²) in [6, 6.07) is 5.18. The third kappa shape index (κ3) is 3.23. The van der Waals surface area contributed by atoms with Crippen molar-refractivity contribution in [3.8, 4) is 0 Å². The molecular weight excluding hydrogens is 206 g/mol. The van der Waals surface area contributed by atoms with Crippen molar-refractivity contribution in [3.05, 3.63) is 30.1 Å². The fraction of sp³-hybridized carbons (Fsp3) is 0.300. The molecule has 0 bridgehead atoms. The predicted octanol–water partition coefficient (Wildman–Crippen LogP) is 0.159. The first kappa shape index (κ1) is 12.0. The van der Waals surface area contributed by atoms with Crippen LogP contribution in [0.4, 0.5) is 4.79 Å². The van der Waals surface area contributed by atoms with Crippen LogP contribution in [0, 0.1) is 5.41 Å². The van der Waals surface area contributed by atoms with E-state index in [1.165, 1.54) is 7.05 Å². The number of amides is 2. The van der Waals surface area contributed by atoms with Crippen molar-refractivity contribution in [2.24, 2.45) is 5.73 Å². The minimum Gasteiger partial charge on any atom is -0.370 e. The molecule has 2 amide bonds. The highest BCUT2D eigenvalue weighted by molar-refractivity contribution is 5.93. The van der Waals surface area contributed by atoms with Crippen LogP contribution >= 0.6 is 0 Å². The van der Waals surface area contributed by atoms with Crippen molar-refractivity contribution in [1.82, 2.24) is 15.2 Å². The Morgan fingerprint density at radius 1 is 1.62 bits per heavy atom. The molecular formula is C10H15N5O. The first-order chi connectivity index (χ1) is 7.65. The molecule has 0 aliphatic carbocycles. The van der Waals surface area contributed by atoms with Gasteiger partial charge in [-0.05, 0) is 12.1 Å². The van der Waals surface area contributed by atoms with Gasteiger partial charge in [0, 0.05) is 31.9 Å². The smallest absolute Gasteiger partial charge is 0.323 e. The van der Waals surface area contributed by atoms with Crippen LogP contribution in [0.15, 0.2) is 24.4 Å². The molecule has 0 saturated heterocycles. The molecule has 0 aliphatic rings. The number of carbonyl (C=O) groups excluding carboxylic acids is 1. The minimum atomic E-state index is -0.386. The number of guanidine groups is 1. The maximum atomic E-state index is 11.3. The summed E-state index contributed by atoms with van der Waals surface area (Å²) in [6.07, 6.45) is 2.25. The molecule has 16 heavy (non-hydrogen) atoms. The average Bonchev–Trinajstić information content (AvgIpc) is 2.30. The van der Waals surface area contributed by atoms with Gasteiger partial charge in [-0.3, -0.25) is 15.3 Å². The second kappa shape index (κ2) is 5.69. The van der Waals surface area contributed by atoms with Crippen molar-refractivity contribution in [2.75, 3.05) is 13.6 Å². The molecule has 0 unspecified atom stereocenters. The zero-order chi connectivity index (χ0) is 12.0. The Labute approximate surface area is 94.0 Å². The summed E-state index contributed by atoms with van der Waals surface area (Å²) in [6.45, 7) is 0.339. The van der Waals surface area contributed by atoms with E-state index in [9.17, 15) is 4.79 Å². The van der Waals surface area contributed by atoms with Gasteiger partial charge < -0.3 is 11.1 Å². The maximum Gasteiger partial charge on any atom is 0.323 e. The van der Waals surface area contributed by atoms with E-state index in [0.717, 1.165) is 10.6 Å². The van der Waals surface area contributed by atoms with E-state index < -0.39 is 0 Å². The van der Waals surface area contributed by atoms with E-state index in [1.807, 2.05) is 18.2 Å². The van der Waals surface area contributed by atoms with Crippen LogP contribution in [0.5, 0.6) is 0 Å². The SMILES string of the molecule is CNC(=O)N(CCc1ccccn1)C(=N)N. The van der Waals surface area contributed by atoms with Crippen molar-refractivity contribution >= 4 is 12.0 Å². The molecule has 0 aliphatic heterocycles. The van der Waals surface area contributed by atoms with Crippen LogP contribution < -0.4 is 11.1 Å². The van der Waals surface area contributed by atoms with Crippen LogP contribution in [0.1, 0.15) is 5.69 Å². The molecule has 1 aromatic heterocycles. The topological polar surface area (TPSA) is 95.1 Å². The normalized spacial score (nSPS) is 9.56. The zero-order valence-electron chi connectivity index (χ0n) is 9.10. The Morgan fingerprint density at radius 2 is 2.38 bits per heavy atom. The number of hydrogen-bond donors (Lipinski definition) is 3. The summed E-state index contributed by atoms with van der Waals surface area (Å²) in [4.78, 5) is 16.6. The third-order valence-corrected chi connectivity index (χ3v) is 2.07. The van der Waals surface area contributed by atoms with E-state index in [1.54, 1.807) is 6.20 Å². The van der Waals surface area contributed by atoms with Crippen molar-refractivity contribution < 1.29 is 4.79 Å². The highest BCUT2D eigenvalue weighted by atomic mass is 16.2. The standard InChI is InChI=1S/C10H15N5O/c1-13-10(16)15(9(11)12)7-5-8-4-2-3-6-14-8/h2-4,6H,5,7H2,1H3,(H3,11,12)(H,13,16). The van der Waals surface area contributed by atoms with Gasteiger partial charge in [0.05, 0.1) is 0 Å². The second-order valence-electron chi connectivity index (χ2n) is 3.16. The monoisotopic (exact) mass is 221 g/mol. The Hall–Kier alpha value is -2.11. The zero-order valence-corrected chi connectivity index (χ0v) is 9.10. The van der Waals surface area contributed by atoms with Gasteiger partial charge in [-0.15, -0.1) is 0 Å². The minimum absolute atomic E-state index is 0.268. The van der Waals surface area contributed by atoms with Gasteiger partial charge in [-0.2, -0.15) is 0 Å². The van der Waals surface area contributed by atoms with Gasteiger partial charge in [0.15, 0.2) is 5.96 Å². The summed E-state index contributed by atoms with van der Waals surface area (Å²) in [7, 11) is 1.50. The summed E-state index contributed by atoms with van der Waals surface area (Å²) in [5.74, 6) is -0.268. The lowest BCUT2D eigenvalue weighted by Crippen LogP contribution is -2.46. The first-order valence-corrected chi connectivity index (χ1v) is 4.88. The molecule has 0 saturated carbocycles. The van der Waals surface area contributed by atoms with Crippen molar-refractivity contribution in [1.29, 1.82) is 5.41 Å². The molecule has 1 rings (SSSR count). The van der Waals surface area contributed by atoms with E-state index >= 15 is 0 Å². The average molecular weight is 221 g/mol. The number of nitrogens with two attached hydrogens (primary N) is 1. The lowest BCUT2D eigenvalue weighted by molar-refractivity contribution is 0.222. The first-order valence-electron chi connectivity index (χ1n) is 4.88. The number of aromatic nitrogens is 1. The van der Waals surface area contributed by atoms with Crippen LogP contribution in [0.3, 0.4) is 0 Å². The molecule has 6 heteroatoms. The molecule has 86 valence electrons. The van der Waals surface area contributed by atoms with Gasteiger partial charge in [-0.1, -0.05) is 6.07 Å². The fourth-order valence-corrected chi connectivity index (χ4v) is 1.24. The molecule has 1 aromatic rings. The number of carbonyl (C=O) groups is 1. The lowest BCUT2D eigenvalue weighted by atomic mass is 10.2. The van der Waals surface area contributed by atoms with Crippen LogP contribution in [0.25, 0.3) is 0 Å². The van der Waals surface area contributed by atoms with Crippen LogP contribution in [-0.2, 0) is 6.42 Å². The number of nitrogens with one attached hydrogen (secondary N) is 2. The molecule has 0 fully saturated rings. The summed E-state index contributed by atoms with van der Waals surface area (Å²) in [5, 5.41) is 9.70. The van der Waals surface area contributed by atoms with Crippen molar-refractivity contribution in [3.63, 3.8) is 0 Å². The summed E-state index contributed by atoms with van der Waals surface area (Å²) >= 11 is 0. The molecule has 0 aromatic carbocycles. The number of hydrogen-bond acceptors (Lipinski definition) is 3. The number of urea groups is 1. The molecule has 0 atom stereocenters. The molecule has 0 spiro atoms. The molecule has 0 radical (unpaired) electrons. The highest BCUT2D eigenvalue weighted by Gasteiger charge is 2.14. The van der Waals surface area contributed by atoms with Crippen molar-refractivity contribution in [2.45, 2.75) is 6.42 Å². The van der Waals surface area contributed by atoms with Crippen LogP contribution in [0.2, 0.25) is 0 Å². The number of rotatable bonds is 3.